The van der Waals surface area contributed by atoms with Crippen molar-refractivity contribution in [2.24, 2.45) is 0 Å². The molecule has 18 heavy (non-hydrogen) atoms. The van der Waals surface area contributed by atoms with Gasteiger partial charge in [0.25, 0.3) is 5.91 Å². The first-order chi connectivity index (χ1) is 8.63. The van der Waals surface area contributed by atoms with E-state index in [0.29, 0.717) is 10.6 Å². The van der Waals surface area contributed by atoms with Crippen LogP contribution in [0.4, 0.5) is 5.69 Å². The Hall–Kier alpha value is -1.62. The van der Waals surface area contributed by atoms with E-state index in [1.165, 1.54) is 11.3 Å². The Morgan fingerprint density at radius 2 is 2.39 bits per heavy atom. The molecule has 3 N–H and O–H groups in total. The zero-order chi connectivity index (χ0) is 13.1. The third-order valence-electron chi connectivity index (χ3n) is 2.84. The van der Waals surface area contributed by atoms with Gasteiger partial charge in [0.05, 0.1) is 10.4 Å². The van der Waals surface area contributed by atoms with Crippen molar-refractivity contribution in [1.82, 2.24) is 10.3 Å². The maximum atomic E-state index is 12.1. The Morgan fingerprint density at radius 3 is 3.06 bits per heavy atom. The van der Waals surface area contributed by atoms with Gasteiger partial charge in [-0.15, -0.1) is 11.3 Å². The SMILES string of the molecule is CCCC(C)NC(=O)c1sc2cnccc2c1N. The highest BCUT2D eigenvalue weighted by Crippen LogP contribution is 2.32. The van der Waals surface area contributed by atoms with Crippen LogP contribution in [-0.4, -0.2) is 16.9 Å². The molecule has 96 valence electrons. The Kier molecular flexibility index (Phi) is 3.81. The van der Waals surface area contributed by atoms with Gasteiger partial charge in [0.15, 0.2) is 0 Å². The Bertz CT molecular complexity index is 564. The minimum Gasteiger partial charge on any atom is -0.397 e. The first-order valence-electron chi connectivity index (χ1n) is 6.06. The maximum absolute atomic E-state index is 12.1. The van der Waals surface area contributed by atoms with Crippen molar-refractivity contribution in [3.63, 3.8) is 0 Å². The fraction of sp³-hybridized carbons (Fsp3) is 0.385. The molecule has 5 heteroatoms. The number of fused-ring (bicyclic) bond motifs is 1. The van der Waals surface area contributed by atoms with Crippen LogP contribution in [0, 0.1) is 0 Å². The Balaban J connectivity index is 2.25. The summed E-state index contributed by atoms with van der Waals surface area (Å²) in [5.74, 6) is -0.0883. The van der Waals surface area contributed by atoms with Crippen LogP contribution in [0.3, 0.4) is 0 Å². The molecular weight excluding hydrogens is 246 g/mol. The van der Waals surface area contributed by atoms with E-state index < -0.39 is 0 Å². The van der Waals surface area contributed by atoms with E-state index in [1.807, 2.05) is 13.0 Å². The molecule has 0 aliphatic rings. The van der Waals surface area contributed by atoms with Gasteiger partial charge in [0.1, 0.15) is 4.88 Å². The number of thiophene rings is 1. The largest absolute Gasteiger partial charge is 0.397 e. The van der Waals surface area contributed by atoms with E-state index in [1.54, 1.807) is 12.4 Å². The molecule has 0 aliphatic heterocycles. The van der Waals surface area contributed by atoms with Gasteiger partial charge in [-0.05, 0) is 19.4 Å². The second-order valence-corrected chi connectivity index (χ2v) is 5.43. The smallest absolute Gasteiger partial charge is 0.263 e. The molecule has 0 saturated carbocycles. The van der Waals surface area contributed by atoms with Crippen LogP contribution in [0.15, 0.2) is 18.5 Å². The molecule has 0 radical (unpaired) electrons. The zero-order valence-corrected chi connectivity index (χ0v) is 11.4. The van der Waals surface area contributed by atoms with E-state index in [2.05, 4.69) is 17.2 Å². The van der Waals surface area contributed by atoms with Gasteiger partial charge in [0.2, 0.25) is 0 Å². The second kappa shape index (κ2) is 5.35. The molecule has 0 saturated heterocycles. The van der Waals surface area contributed by atoms with Crippen LogP contribution in [-0.2, 0) is 0 Å². The monoisotopic (exact) mass is 263 g/mol. The van der Waals surface area contributed by atoms with Crippen LogP contribution >= 0.6 is 11.3 Å². The topological polar surface area (TPSA) is 68.0 Å². The van der Waals surface area contributed by atoms with Gasteiger partial charge in [-0.2, -0.15) is 0 Å². The lowest BCUT2D eigenvalue weighted by Gasteiger charge is -2.11. The summed E-state index contributed by atoms with van der Waals surface area (Å²) in [5.41, 5.74) is 6.57. The number of rotatable bonds is 4. The predicted octanol–water partition coefficient (Wildman–Crippen LogP) is 2.80. The third kappa shape index (κ3) is 2.46. The van der Waals surface area contributed by atoms with Crippen molar-refractivity contribution in [2.45, 2.75) is 32.7 Å². The van der Waals surface area contributed by atoms with Gasteiger partial charge in [-0.1, -0.05) is 13.3 Å². The number of carbonyl (C=O) groups is 1. The minimum atomic E-state index is -0.0883. The number of nitrogens with one attached hydrogen (secondary N) is 1. The summed E-state index contributed by atoms with van der Waals surface area (Å²) < 4.78 is 0.947. The maximum Gasteiger partial charge on any atom is 0.263 e. The zero-order valence-electron chi connectivity index (χ0n) is 10.6. The third-order valence-corrected chi connectivity index (χ3v) is 3.99. The number of hydrogen-bond acceptors (Lipinski definition) is 4. The van der Waals surface area contributed by atoms with Crippen molar-refractivity contribution in [1.29, 1.82) is 0 Å². The van der Waals surface area contributed by atoms with Gasteiger partial charge >= 0.3 is 0 Å². The predicted molar refractivity (Wildman–Crippen MR) is 75.9 cm³/mol. The average Bonchev–Trinajstić information content (AvgIpc) is 2.68. The summed E-state index contributed by atoms with van der Waals surface area (Å²) in [6.07, 6.45) is 5.45. The lowest BCUT2D eigenvalue weighted by Crippen LogP contribution is -2.32. The first-order valence-corrected chi connectivity index (χ1v) is 6.88. The fourth-order valence-electron chi connectivity index (χ4n) is 1.93. The highest BCUT2D eigenvalue weighted by Gasteiger charge is 2.17. The van der Waals surface area contributed by atoms with E-state index in [4.69, 9.17) is 5.73 Å². The molecule has 0 aliphatic carbocycles. The summed E-state index contributed by atoms with van der Waals surface area (Å²) in [7, 11) is 0. The van der Waals surface area contributed by atoms with Crippen LogP contribution < -0.4 is 11.1 Å². The summed E-state index contributed by atoms with van der Waals surface area (Å²) in [4.78, 5) is 16.7. The Morgan fingerprint density at radius 1 is 1.61 bits per heavy atom. The molecule has 2 aromatic rings. The quantitative estimate of drug-likeness (QED) is 0.891. The van der Waals surface area contributed by atoms with Crippen molar-refractivity contribution < 1.29 is 4.79 Å². The van der Waals surface area contributed by atoms with Crippen molar-refractivity contribution in [3.8, 4) is 0 Å². The minimum absolute atomic E-state index is 0.0883. The second-order valence-electron chi connectivity index (χ2n) is 4.38. The lowest BCUT2D eigenvalue weighted by atomic mass is 10.2. The highest BCUT2D eigenvalue weighted by atomic mass is 32.1. The van der Waals surface area contributed by atoms with Crippen LogP contribution in [0.2, 0.25) is 0 Å². The molecule has 1 amide bonds. The van der Waals surface area contributed by atoms with E-state index >= 15 is 0 Å². The average molecular weight is 263 g/mol. The number of nitrogens with zero attached hydrogens (tertiary/aromatic N) is 1. The number of amides is 1. The van der Waals surface area contributed by atoms with Gasteiger partial charge in [-0.3, -0.25) is 9.78 Å². The standard InChI is InChI=1S/C13H17N3OS/c1-3-4-8(2)16-13(17)12-11(14)9-5-6-15-7-10(9)18-12/h5-8H,3-4,14H2,1-2H3,(H,16,17). The van der Waals surface area contributed by atoms with Crippen molar-refractivity contribution >= 4 is 33.0 Å². The molecule has 1 atom stereocenters. The first kappa shape index (κ1) is 12.8. The molecule has 0 aromatic carbocycles. The number of nitrogen functional groups attached to an aromatic ring is 1. The molecule has 4 nitrogen and oxygen atoms in total. The summed E-state index contributed by atoms with van der Waals surface area (Å²) in [6, 6.07) is 2.01. The number of nitrogens with two attached hydrogens (primary N) is 1. The molecule has 1 unspecified atom stereocenters. The molecule has 2 aromatic heterocycles. The van der Waals surface area contributed by atoms with Gasteiger partial charge in [-0.25, -0.2) is 0 Å². The molecule has 2 rings (SSSR count). The van der Waals surface area contributed by atoms with E-state index in [0.717, 1.165) is 22.9 Å². The lowest BCUT2D eigenvalue weighted by molar-refractivity contribution is 0.0943. The summed E-state index contributed by atoms with van der Waals surface area (Å²) in [6.45, 7) is 4.11. The summed E-state index contributed by atoms with van der Waals surface area (Å²) >= 11 is 1.39. The van der Waals surface area contributed by atoms with Crippen LogP contribution in [0.1, 0.15) is 36.4 Å². The highest BCUT2D eigenvalue weighted by molar-refractivity contribution is 7.21. The number of anilines is 1. The van der Waals surface area contributed by atoms with E-state index in [9.17, 15) is 4.79 Å². The normalized spacial score (nSPS) is 12.6. The number of pyridine rings is 1. The van der Waals surface area contributed by atoms with Gasteiger partial charge in [0, 0.05) is 23.8 Å². The fourth-order valence-corrected chi connectivity index (χ4v) is 2.93. The number of hydrogen-bond donors (Lipinski definition) is 2. The molecule has 0 spiro atoms. The van der Waals surface area contributed by atoms with E-state index in [-0.39, 0.29) is 11.9 Å². The molecule has 0 bridgehead atoms. The number of carbonyl (C=O) groups excluding carboxylic acids is 1. The van der Waals surface area contributed by atoms with Gasteiger partial charge < -0.3 is 11.1 Å². The summed E-state index contributed by atoms with van der Waals surface area (Å²) in [5, 5.41) is 3.88. The van der Waals surface area contributed by atoms with Crippen LogP contribution in [0.25, 0.3) is 10.1 Å². The molecular formula is C13H17N3OS. The van der Waals surface area contributed by atoms with Crippen LogP contribution in [0.5, 0.6) is 0 Å². The Labute approximate surface area is 110 Å². The van der Waals surface area contributed by atoms with Crippen molar-refractivity contribution in [2.75, 3.05) is 5.73 Å². The molecule has 0 fully saturated rings. The molecule has 2 heterocycles. The number of aromatic nitrogens is 1. The van der Waals surface area contributed by atoms with Crippen molar-refractivity contribution in [3.05, 3.63) is 23.3 Å².